The second-order valence-electron chi connectivity index (χ2n) is 5.25. The number of halogens is 5. The van der Waals surface area contributed by atoms with Crippen molar-refractivity contribution in [1.29, 1.82) is 0 Å². The summed E-state index contributed by atoms with van der Waals surface area (Å²) in [5, 5.41) is 1.09. The van der Waals surface area contributed by atoms with Crippen molar-refractivity contribution in [2.24, 2.45) is 0 Å². The van der Waals surface area contributed by atoms with Crippen molar-refractivity contribution in [2.45, 2.75) is 12.6 Å². The molecule has 0 amide bonds. The predicted molar refractivity (Wildman–Crippen MR) is 88.5 cm³/mol. The summed E-state index contributed by atoms with van der Waals surface area (Å²) in [4.78, 5) is 0. The van der Waals surface area contributed by atoms with Gasteiger partial charge in [-0.25, -0.2) is 0 Å². The topological polar surface area (TPSA) is 0 Å². The first-order valence-electron chi connectivity index (χ1n) is 6.87. The van der Waals surface area contributed by atoms with Gasteiger partial charge in [0.2, 0.25) is 0 Å². The highest BCUT2D eigenvalue weighted by molar-refractivity contribution is 6.31. The molecule has 2 aromatic rings. The number of alkyl halides is 3. The molecule has 0 aliphatic heterocycles. The molecule has 1 aliphatic rings. The van der Waals surface area contributed by atoms with Crippen molar-refractivity contribution in [1.82, 2.24) is 0 Å². The fourth-order valence-corrected chi connectivity index (χ4v) is 2.83. The van der Waals surface area contributed by atoms with Gasteiger partial charge in [0.25, 0.3) is 0 Å². The molecule has 0 saturated carbocycles. The number of hydrogen-bond donors (Lipinski definition) is 0. The minimum absolute atomic E-state index is 0.150. The van der Waals surface area contributed by atoms with Gasteiger partial charge in [0.05, 0.1) is 0 Å². The molecule has 0 heterocycles. The maximum atomic E-state index is 13.1. The summed E-state index contributed by atoms with van der Waals surface area (Å²) >= 11 is 11.7. The third-order valence-corrected chi connectivity index (χ3v) is 4.23. The number of benzene rings is 2. The molecule has 3 rings (SSSR count). The lowest BCUT2D eigenvalue weighted by atomic mass is 9.96. The lowest BCUT2D eigenvalue weighted by Gasteiger charge is -2.10. The van der Waals surface area contributed by atoms with E-state index in [9.17, 15) is 13.2 Å². The second kappa shape index (κ2) is 6.06. The quantitative estimate of drug-likeness (QED) is 0.556. The Morgan fingerprint density at radius 3 is 1.70 bits per heavy atom. The molecule has 0 atom stereocenters. The molecule has 0 fully saturated rings. The largest absolute Gasteiger partial charge is 0.413 e. The van der Waals surface area contributed by atoms with E-state index >= 15 is 0 Å². The summed E-state index contributed by atoms with van der Waals surface area (Å²) in [6.45, 7) is 0. The van der Waals surface area contributed by atoms with E-state index < -0.39 is 11.7 Å². The Bertz CT molecular complexity index is 783. The van der Waals surface area contributed by atoms with Crippen LogP contribution in [0.4, 0.5) is 13.2 Å². The normalized spacial score (nSPS) is 15.1. The highest BCUT2D eigenvalue weighted by Gasteiger charge is 2.37. The summed E-state index contributed by atoms with van der Waals surface area (Å²) in [5.74, 6) is 0. The predicted octanol–water partition coefficient (Wildman–Crippen LogP) is 6.80. The van der Waals surface area contributed by atoms with Crippen LogP contribution in [0.1, 0.15) is 17.5 Å². The molecule has 0 N–H and O–H groups in total. The first-order valence-corrected chi connectivity index (χ1v) is 7.63. The van der Waals surface area contributed by atoms with E-state index in [2.05, 4.69) is 0 Å². The summed E-state index contributed by atoms with van der Waals surface area (Å²) in [5.41, 5.74) is 2.09. The fourth-order valence-electron chi connectivity index (χ4n) is 2.58. The first kappa shape index (κ1) is 16.2. The molecule has 0 nitrogen and oxygen atoms in total. The van der Waals surface area contributed by atoms with Crippen molar-refractivity contribution in [3.63, 3.8) is 0 Å². The van der Waals surface area contributed by atoms with Crippen molar-refractivity contribution >= 4 is 34.3 Å². The third kappa shape index (κ3) is 3.46. The smallest absolute Gasteiger partial charge is 0.166 e. The van der Waals surface area contributed by atoms with Gasteiger partial charge in [0, 0.05) is 22.0 Å². The van der Waals surface area contributed by atoms with E-state index in [-0.39, 0.29) is 6.42 Å². The van der Waals surface area contributed by atoms with Gasteiger partial charge in [-0.2, -0.15) is 13.2 Å². The van der Waals surface area contributed by atoms with Crippen LogP contribution in [0.3, 0.4) is 0 Å². The Hall–Kier alpha value is -1.71. The maximum Gasteiger partial charge on any atom is 0.413 e. The first-order chi connectivity index (χ1) is 10.8. The fraction of sp³-hybridized carbons (Fsp3) is 0.111. The van der Waals surface area contributed by atoms with Crippen LogP contribution in [-0.4, -0.2) is 6.18 Å². The zero-order valence-corrected chi connectivity index (χ0v) is 13.3. The maximum absolute atomic E-state index is 13.1. The van der Waals surface area contributed by atoms with Crippen molar-refractivity contribution < 1.29 is 13.2 Å². The van der Waals surface area contributed by atoms with Gasteiger partial charge >= 0.3 is 6.18 Å². The van der Waals surface area contributed by atoms with Crippen LogP contribution in [0.25, 0.3) is 11.1 Å². The average Bonchev–Trinajstić information content (AvgIpc) is 2.94. The van der Waals surface area contributed by atoms with Gasteiger partial charge in [-0.05, 0) is 52.6 Å². The zero-order valence-electron chi connectivity index (χ0n) is 11.8. The molecule has 0 aromatic heterocycles. The van der Waals surface area contributed by atoms with E-state index in [1.807, 2.05) is 0 Å². The van der Waals surface area contributed by atoms with E-state index in [0.29, 0.717) is 26.8 Å². The molecule has 0 saturated heterocycles. The van der Waals surface area contributed by atoms with Crippen molar-refractivity contribution in [3.8, 4) is 0 Å². The number of allylic oxidation sites excluding steroid dienone is 4. The van der Waals surface area contributed by atoms with Crippen molar-refractivity contribution in [2.75, 3.05) is 0 Å². The monoisotopic (exact) mass is 354 g/mol. The van der Waals surface area contributed by atoms with Crippen molar-refractivity contribution in [3.05, 3.63) is 81.4 Å². The highest BCUT2D eigenvalue weighted by atomic mass is 35.5. The van der Waals surface area contributed by atoms with Crippen LogP contribution in [0.15, 0.2) is 60.2 Å². The Labute approximate surface area is 141 Å². The van der Waals surface area contributed by atoms with Crippen LogP contribution in [0, 0.1) is 0 Å². The van der Waals surface area contributed by atoms with Gasteiger partial charge in [0.15, 0.2) is 0 Å². The second-order valence-corrected chi connectivity index (χ2v) is 6.12. The van der Waals surface area contributed by atoms with Crippen LogP contribution < -0.4 is 0 Å². The highest BCUT2D eigenvalue weighted by Crippen LogP contribution is 2.44. The average molecular weight is 355 g/mol. The van der Waals surface area contributed by atoms with Gasteiger partial charge in [-0.3, -0.25) is 0 Å². The lowest BCUT2D eigenvalue weighted by Crippen LogP contribution is -2.10. The summed E-state index contributed by atoms with van der Waals surface area (Å²) < 4.78 is 39.4. The van der Waals surface area contributed by atoms with Gasteiger partial charge in [-0.1, -0.05) is 47.5 Å². The van der Waals surface area contributed by atoms with E-state index in [1.165, 1.54) is 6.08 Å². The molecule has 2 aromatic carbocycles. The Kier molecular flexibility index (Phi) is 4.26. The summed E-state index contributed by atoms with van der Waals surface area (Å²) in [6.07, 6.45) is -3.28. The van der Waals surface area contributed by atoms with Crippen LogP contribution in [0.5, 0.6) is 0 Å². The van der Waals surface area contributed by atoms with Gasteiger partial charge < -0.3 is 0 Å². The molecule has 5 heteroatoms. The molecular formula is C18H11Cl2F3. The van der Waals surface area contributed by atoms with Crippen LogP contribution >= 0.6 is 23.2 Å². The van der Waals surface area contributed by atoms with Gasteiger partial charge in [-0.15, -0.1) is 0 Å². The molecule has 0 spiro atoms. The molecule has 0 unspecified atom stereocenters. The molecular weight excluding hydrogens is 344 g/mol. The standard InChI is InChI=1S/C18H11Cl2F3/c19-14-5-1-11(2-6-14)16-9-13(18(21,22)23)10-17(16)12-3-7-15(20)8-4-12/h1-9H,10H2. The summed E-state index contributed by atoms with van der Waals surface area (Å²) in [7, 11) is 0. The molecule has 118 valence electrons. The van der Waals surface area contributed by atoms with Crippen LogP contribution in [-0.2, 0) is 0 Å². The van der Waals surface area contributed by atoms with E-state index in [4.69, 9.17) is 23.2 Å². The minimum Gasteiger partial charge on any atom is -0.166 e. The van der Waals surface area contributed by atoms with Crippen LogP contribution in [0.2, 0.25) is 10.0 Å². The lowest BCUT2D eigenvalue weighted by molar-refractivity contribution is -0.0923. The molecule has 1 aliphatic carbocycles. The zero-order chi connectivity index (χ0) is 16.6. The Morgan fingerprint density at radius 1 is 0.739 bits per heavy atom. The molecule has 23 heavy (non-hydrogen) atoms. The SMILES string of the molecule is FC(F)(F)C1=CC(c2ccc(Cl)cc2)=C(c2ccc(Cl)cc2)C1. The van der Waals surface area contributed by atoms with E-state index in [0.717, 1.165) is 5.56 Å². The third-order valence-electron chi connectivity index (χ3n) is 3.72. The molecule has 0 bridgehead atoms. The minimum atomic E-state index is -4.34. The molecule has 0 radical (unpaired) electrons. The Morgan fingerprint density at radius 2 is 1.22 bits per heavy atom. The summed E-state index contributed by atoms with van der Waals surface area (Å²) in [6, 6.07) is 13.6. The number of hydrogen-bond acceptors (Lipinski definition) is 0. The van der Waals surface area contributed by atoms with E-state index in [1.54, 1.807) is 48.5 Å². The Balaban J connectivity index is 2.10. The number of rotatable bonds is 2. The van der Waals surface area contributed by atoms with Gasteiger partial charge in [0.1, 0.15) is 0 Å².